The molecule has 3 aromatic rings. The molecule has 0 saturated heterocycles. The van der Waals surface area contributed by atoms with E-state index in [9.17, 15) is 22.8 Å². The molecular weight excluding hydrogens is 387 g/mol. The van der Waals surface area contributed by atoms with Gasteiger partial charge in [0.2, 0.25) is 5.43 Å². The zero-order valence-corrected chi connectivity index (χ0v) is 15.2. The van der Waals surface area contributed by atoms with Gasteiger partial charge in [0, 0.05) is 18.0 Å². The number of amides is 1. The van der Waals surface area contributed by atoms with Gasteiger partial charge in [0.05, 0.1) is 17.9 Å². The number of carbonyl (C=O) groups is 1. The van der Waals surface area contributed by atoms with Gasteiger partial charge in [-0.25, -0.2) is 4.68 Å². The van der Waals surface area contributed by atoms with Crippen LogP contribution in [0.4, 0.5) is 18.9 Å². The van der Waals surface area contributed by atoms with E-state index >= 15 is 0 Å². The lowest BCUT2D eigenvalue weighted by atomic mass is 10.2. The lowest BCUT2D eigenvalue weighted by molar-refractivity contribution is -0.137. The summed E-state index contributed by atoms with van der Waals surface area (Å²) in [6.07, 6.45) is -3.16. The number of nitrogens with zero attached hydrogens (tertiary/aromatic N) is 2. The average molecular weight is 403 g/mol. The number of hydrogen-bond acceptors (Lipinski definition) is 4. The summed E-state index contributed by atoms with van der Waals surface area (Å²) in [6, 6.07) is 12.1. The molecule has 6 nitrogen and oxygen atoms in total. The fraction of sp³-hybridized carbons (Fsp3) is 0.150. The Morgan fingerprint density at radius 3 is 2.52 bits per heavy atom. The molecule has 0 aliphatic carbocycles. The molecule has 29 heavy (non-hydrogen) atoms. The summed E-state index contributed by atoms with van der Waals surface area (Å²) < 4.78 is 45.1. The molecule has 1 aromatic heterocycles. The molecule has 9 heteroatoms. The number of ether oxygens (including phenoxy) is 1. The Hall–Kier alpha value is -3.62. The zero-order valence-electron chi connectivity index (χ0n) is 15.2. The number of anilines is 1. The summed E-state index contributed by atoms with van der Waals surface area (Å²) in [7, 11) is 0. The third-order valence-electron chi connectivity index (χ3n) is 3.88. The molecule has 0 aliphatic rings. The standard InChI is InChI=1S/C20H16F3N3O3/c1-2-29-16-8-6-15(7-9-16)26-11-10-17(27)18(25-26)19(28)24-14-5-3-4-13(12-14)20(21,22)23/h3-12H,2H2,1H3,(H,24,28). The van der Waals surface area contributed by atoms with Crippen LogP contribution in [0.1, 0.15) is 23.0 Å². The maximum atomic E-state index is 12.8. The molecule has 0 atom stereocenters. The van der Waals surface area contributed by atoms with Crippen molar-refractivity contribution in [1.82, 2.24) is 9.78 Å². The quantitative estimate of drug-likeness (QED) is 0.701. The number of halogens is 3. The van der Waals surface area contributed by atoms with Crippen molar-refractivity contribution in [3.05, 3.63) is 82.3 Å². The summed E-state index contributed by atoms with van der Waals surface area (Å²) >= 11 is 0. The van der Waals surface area contributed by atoms with Crippen molar-refractivity contribution in [2.24, 2.45) is 0 Å². The molecule has 0 saturated carbocycles. The highest BCUT2D eigenvalue weighted by molar-refractivity contribution is 6.02. The topological polar surface area (TPSA) is 73.2 Å². The number of carbonyl (C=O) groups excluding carboxylic acids is 1. The molecule has 1 N–H and O–H groups in total. The molecular formula is C20H16F3N3O3. The van der Waals surface area contributed by atoms with Crippen LogP contribution in [0, 0.1) is 0 Å². The Labute approximate surface area is 163 Å². The van der Waals surface area contributed by atoms with E-state index in [0.29, 0.717) is 18.0 Å². The van der Waals surface area contributed by atoms with Gasteiger partial charge in [0.25, 0.3) is 5.91 Å². The Kier molecular flexibility index (Phi) is 5.67. The van der Waals surface area contributed by atoms with Gasteiger partial charge in [-0.15, -0.1) is 0 Å². The van der Waals surface area contributed by atoms with Crippen LogP contribution in [0.2, 0.25) is 0 Å². The number of rotatable bonds is 5. The first-order chi connectivity index (χ1) is 13.8. The molecule has 0 unspecified atom stereocenters. The molecule has 3 rings (SSSR count). The minimum atomic E-state index is -4.55. The molecule has 1 heterocycles. The smallest absolute Gasteiger partial charge is 0.416 e. The van der Waals surface area contributed by atoms with E-state index in [0.717, 1.165) is 24.3 Å². The summed E-state index contributed by atoms with van der Waals surface area (Å²) in [4.78, 5) is 24.5. The Balaban J connectivity index is 1.86. The van der Waals surface area contributed by atoms with Gasteiger partial charge in [-0.2, -0.15) is 18.3 Å². The van der Waals surface area contributed by atoms with Crippen LogP contribution < -0.4 is 15.5 Å². The van der Waals surface area contributed by atoms with E-state index in [-0.39, 0.29) is 5.69 Å². The van der Waals surface area contributed by atoms with Gasteiger partial charge in [-0.3, -0.25) is 9.59 Å². The SMILES string of the molecule is CCOc1ccc(-n2ccc(=O)c(C(=O)Nc3cccc(C(F)(F)F)c3)n2)cc1. The zero-order chi connectivity index (χ0) is 21.0. The molecule has 0 bridgehead atoms. The van der Waals surface area contributed by atoms with Crippen molar-refractivity contribution < 1.29 is 22.7 Å². The number of nitrogens with one attached hydrogen (secondary N) is 1. The molecule has 2 aromatic carbocycles. The van der Waals surface area contributed by atoms with Gasteiger partial charge in [-0.1, -0.05) is 6.07 Å². The van der Waals surface area contributed by atoms with Gasteiger partial charge < -0.3 is 10.1 Å². The second-order valence-corrected chi connectivity index (χ2v) is 5.93. The van der Waals surface area contributed by atoms with E-state index in [1.54, 1.807) is 24.3 Å². The van der Waals surface area contributed by atoms with Crippen LogP contribution in [0.25, 0.3) is 5.69 Å². The lowest BCUT2D eigenvalue weighted by Crippen LogP contribution is -2.25. The van der Waals surface area contributed by atoms with Gasteiger partial charge in [0.15, 0.2) is 5.69 Å². The van der Waals surface area contributed by atoms with Crippen molar-refractivity contribution in [3.8, 4) is 11.4 Å². The van der Waals surface area contributed by atoms with Crippen molar-refractivity contribution in [3.63, 3.8) is 0 Å². The Morgan fingerprint density at radius 2 is 1.86 bits per heavy atom. The predicted octanol–water partition coefficient (Wildman–Crippen LogP) is 3.90. The van der Waals surface area contributed by atoms with Gasteiger partial charge in [-0.05, 0) is 49.4 Å². The highest BCUT2D eigenvalue weighted by Gasteiger charge is 2.30. The Morgan fingerprint density at radius 1 is 1.14 bits per heavy atom. The van der Waals surface area contributed by atoms with Crippen LogP contribution >= 0.6 is 0 Å². The maximum Gasteiger partial charge on any atom is 0.416 e. The van der Waals surface area contributed by atoms with Crippen LogP contribution in [0.5, 0.6) is 5.75 Å². The Bertz CT molecular complexity index is 1080. The molecule has 0 aliphatic heterocycles. The largest absolute Gasteiger partial charge is 0.494 e. The van der Waals surface area contributed by atoms with E-state index in [2.05, 4.69) is 10.4 Å². The third-order valence-corrected chi connectivity index (χ3v) is 3.88. The first kappa shape index (κ1) is 20.1. The van der Waals surface area contributed by atoms with Crippen LogP contribution in [0.15, 0.2) is 65.6 Å². The number of aromatic nitrogens is 2. The van der Waals surface area contributed by atoms with E-state index in [1.807, 2.05) is 6.92 Å². The third kappa shape index (κ3) is 4.81. The number of benzene rings is 2. The fourth-order valence-corrected chi connectivity index (χ4v) is 2.53. The van der Waals surface area contributed by atoms with E-state index in [1.165, 1.54) is 16.9 Å². The second-order valence-electron chi connectivity index (χ2n) is 5.93. The molecule has 0 radical (unpaired) electrons. The minimum Gasteiger partial charge on any atom is -0.494 e. The van der Waals surface area contributed by atoms with Crippen molar-refractivity contribution in [2.75, 3.05) is 11.9 Å². The average Bonchev–Trinajstić information content (AvgIpc) is 2.69. The summed E-state index contributed by atoms with van der Waals surface area (Å²) in [5.74, 6) is -0.255. The number of hydrogen-bond donors (Lipinski definition) is 1. The highest BCUT2D eigenvalue weighted by Crippen LogP contribution is 2.30. The molecule has 0 fully saturated rings. The molecule has 1 amide bonds. The monoisotopic (exact) mass is 403 g/mol. The fourth-order valence-electron chi connectivity index (χ4n) is 2.53. The van der Waals surface area contributed by atoms with Crippen molar-refractivity contribution in [2.45, 2.75) is 13.1 Å². The van der Waals surface area contributed by atoms with Gasteiger partial charge in [0.1, 0.15) is 5.75 Å². The van der Waals surface area contributed by atoms with E-state index in [4.69, 9.17) is 4.74 Å². The van der Waals surface area contributed by atoms with Crippen molar-refractivity contribution >= 4 is 11.6 Å². The molecule has 0 spiro atoms. The maximum absolute atomic E-state index is 12.8. The van der Waals surface area contributed by atoms with Crippen molar-refractivity contribution in [1.29, 1.82) is 0 Å². The van der Waals surface area contributed by atoms with Gasteiger partial charge >= 0.3 is 6.18 Å². The van der Waals surface area contributed by atoms with Crippen LogP contribution in [0.3, 0.4) is 0 Å². The molecule has 150 valence electrons. The number of alkyl halides is 3. The van der Waals surface area contributed by atoms with Crippen LogP contribution in [-0.4, -0.2) is 22.3 Å². The minimum absolute atomic E-state index is 0.0949. The highest BCUT2D eigenvalue weighted by atomic mass is 19.4. The first-order valence-electron chi connectivity index (χ1n) is 8.60. The first-order valence-corrected chi connectivity index (χ1v) is 8.60. The summed E-state index contributed by atoms with van der Waals surface area (Å²) in [5.41, 5.74) is -1.54. The normalized spacial score (nSPS) is 11.2. The summed E-state index contributed by atoms with van der Waals surface area (Å²) in [6.45, 7) is 2.36. The van der Waals surface area contributed by atoms with E-state index < -0.39 is 28.8 Å². The van der Waals surface area contributed by atoms with Crippen LogP contribution in [-0.2, 0) is 6.18 Å². The summed E-state index contributed by atoms with van der Waals surface area (Å²) in [5, 5.41) is 6.30. The second kappa shape index (κ2) is 8.17. The predicted molar refractivity (Wildman–Crippen MR) is 100 cm³/mol. The lowest BCUT2D eigenvalue weighted by Gasteiger charge is -2.11.